The van der Waals surface area contributed by atoms with Crippen LogP contribution in [0.3, 0.4) is 0 Å². The summed E-state index contributed by atoms with van der Waals surface area (Å²) in [5, 5.41) is 18.0. The molecule has 0 aromatic rings. The van der Waals surface area contributed by atoms with Crippen molar-refractivity contribution in [1.82, 2.24) is 0 Å². The number of aliphatic hydroxyl groups excluding tert-OH is 1. The number of hydrogen-bond acceptors (Lipinski definition) is 3. The van der Waals surface area contributed by atoms with Gasteiger partial charge in [-0.3, -0.25) is 4.79 Å². The second kappa shape index (κ2) is 5.47. The average molecular weight is 237 g/mol. The Morgan fingerprint density at radius 2 is 1.80 bits per heavy atom. The first-order chi connectivity index (χ1) is 6.70. The number of ketones is 1. The number of carboxylic acids is 1. The molecule has 4 nitrogen and oxygen atoms in total. The minimum absolute atomic E-state index is 0.000517. The standard InChI is InChI=1S/C10H17ClO4/c1-10(2,3)7(4-6(12)5-11)8(13)9(14)15/h6-7,12H,4-5H2,1-3H3,(H,14,15). The zero-order chi connectivity index (χ0) is 12.2. The van der Waals surface area contributed by atoms with E-state index >= 15 is 0 Å². The summed E-state index contributed by atoms with van der Waals surface area (Å²) in [6.45, 7) is 5.29. The first kappa shape index (κ1) is 14.4. The Morgan fingerprint density at radius 1 is 1.33 bits per heavy atom. The highest BCUT2D eigenvalue weighted by atomic mass is 35.5. The molecule has 0 bridgehead atoms. The van der Waals surface area contributed by atoms with Crippen molar-refractivity contribution in [1.29, 1.82) is 0 Å². The molecule has 15 heavy (non-hydrogen) atoms. The SMILES string of the molecule is CC(C)(C)C(CC(O)CCl)C(=O)C(=O)O. The van der Waals surface area contributed by atoms with E-state index in [0.717, 1.165) is 0 Å². The molecule has 2 N–H and O–H groups in total. The lowest BCUT2D eigenvalue weighted by molar-refractivity contribution is -0.153. The molecule has 0 aliphatic rings. The number of aliphatic hydroxyl groups is 1. The van der Waals surface area contributed by atoms with Gasteiger partial charge in [-0.1, -0.05) is 20.8 Å². The molecule has 0 rings (SSSR count). The van der Waals surface area contributed by atoms with Crippen molar-refractivity contribution < 1.29 is 19.8 Å². The molecule has 0 fully saturated rings. The Labute approximate surface area is 94.2 Å². The minimum Gasteiger partial charge on any atom is -0.475 e. The van der Waals surface area contributed by atoms with Gasteiger partial charge in [-0.05, 0) is 11.8 Å². The van der Waals surface area contributed by atoms with E-state index in [2.05, 4.69) is 0 Å². The predicted molar refractivity (Wildman–Crippen MR) is 56.9 cm³/mol. The summed E-state index contributed by atoms with van der Waals surface area (Å²) in [6.07, 6.45) is -0.766. The van der Waals surface area contributed by atoms with Crippen LogP contribution in [0.15, 0.2) is 0 Å². The van der Waals surface area contributed by atoms with Gasteiger partial charge in [0.2, 0.25) is 5.78 Å². The van der Waals surface area contributed by atoms with Crippen molar-refractivity contribution in [2.75, 3.05) is 5.88 Å². The van der Waals surface area contributed by atoms with Crippen LogP contribution >= 0.6 is 11.6 Å². The molecule has 0 saturated carbocycles. The van der Waals surface area contributed by atoms with Crippen LogP contribution in [0.4, 0.5) is 0 Å². The van der Waals surface area contributed by atoms with Crippen molar-refractivity contribution >= 4 is 23.4 Å². The average Bonchev–Trinajstić information content (AvgIpc) is 2.10. The van der Waals surface area contributed by atoms with Gasteiger partial charge in [0.25, 0.3) is 0 Å². The van der Waals surface area contributed by atoms with Crippen LogP contribution in [0.2, 0.25) is 0 Å². The van der Waals surface area contributed by atoms with Crippen LogP contribution < -0.4 is 0 Å². The van der Waals surface area contributed by atoms with Crippen LogP contribution in [0.5, 0.6) is 0 Å². The lowest BCUT2D eigenvalue weighted by atomic mass is 9.75. The van der Waals surface area contributed by atoms with E-state index in [1.165, 1.54) is 0 Å². The van der Waals surface area contributed by atoms with Gasteiger partial charge < -0.3 is 10.2 Å². The van der Waals surface area contributed by atoms with E-state index < -0.39 is 29.2 Å². The fourth-order valence-electron chi connectivity index (χ4n) is 1.34. The van der Waals surface area contributed by atoms with Crippen LogP contribution in [0, 0.1) is 11.3 Å². The number of rotatable bonds is 5. The van der Waals surface area contributed by atoms with Crippen molar-refractivity contribution in [3.63, 3.8) is 0 Å². The van der Waals surface area contributed by atoms with Crippen LogP contribution in [-0.2, 0) is 9.59 Å². The number of hydrogen-bond donors (Lipinski definition) is 2. The van der Waals surface area contributed by atoms with Crippen molar-refractivity contribution in [3.05, 3.63) is 0 Å². The van der Waals surface area contributed by atoms with Gasteiger partial charge in [0, 0.05) is 11.8 Å². The molecule has 0 radical (unpaired) electrons. The van der Waals surface area contributed by atoms with Gasteiger partial charge in [0.05, 0.1) is 6.10 Å². The third-order valence-electron chi connectivity index (χ3n) is 2.26. The van der Waals surface area contributed by atoms with Crippen molar-refractivity contribution in [2.45, 2.75) is 33.3 Å². The van der Waals surface area contributed by atoms with E-state index in [1.807, 2.05) is 0 Å². The Bertz CT molecular complexity index is 244. The number of aliphatic carboxylic acids is 1. The highest BCUT2D eigenvalue weighted by Gasteiger charge is 2.36. The van der Waals surface area contributed by atoms with Crippen LogP contribution in [0.25, 0.3) is 0 Å². The van der Waals surface area contributed by atoms with E-state index in [4.69, 9.17) is 16.7 Å². The Morgan fingerprint density at radius 3 is 2.07 bits per heavy atom. The van der Waals surface area contributed by atoms with Crippen LogP contribution in [0.1, 0.15) is 27.2 Å². The molecule has 0 aromatic carbocycles. The second-order valence-electron chi connectivity index (χ2n) is 4.63. The maximum absolute atomic E-state index is 11.4. The molecule has 2 atom stereocenters. The first-order valence-corrected chi connectivity index (χ1v) is 5.24. The molecule has 2 unspecified atom stereocenters. The summed E-state index contributed by atoms with van der Waals surface area (Å²) in [5.41, 5.74) is -0.498. The number of alkyl halides is 1. The molecular weight excluding hydrogens is 220 g/mol. The highest BCUT2D eigenvalue weighted by Crippen LogP contribution is 2.30. The summed E-state index contributed by atoms with van der Waals surface area (Å²) in [4.78, 5) is 22.0. The van der Waals surface area contributed by atoms with Crippen LogP contribution in [-0.4, -0.2) is 33.9 Å². The van der Waals surface area contributed by atoms with Gasteiger partial charge >= 0.3 is 5.97 Å². The minimum atomic E-state index is -1.46. The van der Waals surface area contributed by atoms with Gasteiger partial charge in [-0.2, -0.15) is 0 Å². The molecule has 0 saturated heterocycles. The topological polar surface area (TPSA) is 74.6 Å². The zero-order valence-electron chi connectivity index (χ0n) is 9.16. The Balaban J connectivity index is 4.75. The van der Waals surface area contributed by atoms with Gasteiger partial charge in [-0.25, -0.2) is 4.79 Å². The fraction of sp³-hybridized carbons (Fsp3) is 0.800. The van der Waals surface area contributed by atoms with Gasteiger partial charge in [0.15, 0.2) is 0 Å². The molecule has 0 amide bonds. The quantitative estimate of drug-likeness (QED) is 0.557. The van der Waals surface area contributed by atoms with Crippen molar-refractivity contribution in [3.8, 4) is 0 Å². The monoisotopic (exact) mass is 236 g/mol. The van der Waals surface area contributed by atoms with Gasteiger partial charge in [0.1, 0.15) is 0 Å². The van der Waals surface area contributed by atoms with E-state index in [-0.39, 0.29) is 12.3 Å². The summed E-state index contributed by atoms with van der Waals surface area (Å²) in [7, 11) is 0. The maximum atomic E-state index is 11.4. The van der Waals surface area contributed by atoms with Crippen molar-refractivity contribution in [2.24, 2.45) is 11.3 Å². The van der Waals surface area contributed by atoms with E-state index in [9.17, 15) is 14.7 Å². The number of carbonyl (C=O) groups is 2. The van der Waals surface area contributed by atoms with Gasteiger partial charge in [-0.15, -0.1) is 11.6 Å². The Hall–Kier alpha value is -0.610. The largest absolute Gasteiger partial charge is 0.475 e. The molecule has 88 valence electrons. The summed E-state index contributed by atoms with van der Waals surface area (Å²) < 4.78 is 0. The molecule has 0 aliphatic carbocycles. The smallest absolute Gasteiger partial charge is 0.372 e. The first-order valence-electron chi connectivity index (χ1n) is 4.71. The number of carbonyl (C=O) groups excluding carboxylic acids is 1. The molecule has 5 heteroatoms. The molecule has 0 spiro atoms. The summed E-state index contributed by atoms with van der Waals surface area (Å²) >= 11 is 5.42. The van der Waals surface area contributed by atoms with E-state index in [0.29, 0.717) is 0 Å². The predicted octanol–water partition coefficient (Wildman–Crippen LogP) is 1.29. The summed E-state index contributed by atoms with van der Waals surface area (Å²) in [5.74, 6) is -3.05. The van der Waals surface area contributed by atoms with E-state index in [1.54, 1.807) is 20.8 Å². The lowest BCUT2D eigenvalue weighted by Gasteiger charge is -2.29. The normalized spacial score (nSPS) is 15.8. The lowest BCUT2D eigenvalue weighted by Crippen LogP contribution is -2.36. The number of Topliss-reactive ketones (excluding diaryl/α,β-unsaturated/α-hetero) is 1. The third kappa shape index (κ3) is 4.62. The zero-order valence-corrected chi connectivity index (χ0v) is 9.91. The molecule has 0 heterocycles. The Kier molecular flexibility index (Phi) is 5.24. The summed E-state index contributed by atoms with van der Waals surface area (Å²) in [6, 6.07) is 0. The number of halogens is 1. The molecular formula is C10H17ClO4. The maximum Gasteiger partial charge on any atom is 0.372 e. The number of carboxylic acid groups (broad SMARTS) is 1. The molecule has 0 aliphatic heterocycles. The fourth-order valence-corrected chi connectivity index (χ4v) is 1.46. The highest BCUT2D eigenvalue weighted by molar-refractivity contribution is 6.33. The molecule has 0 aromatic heterocycles. The second-order valence-corrected chi connectivity index (χ2v) is 4.94. The third-order valence-corrected chi connectivity index (χ3v) is 2.61.